The summed E-state index contributed by atoms with van der Waals surface area (Å²) in [5, 5.41) is 1.48. The first-order chi connectivity index (χ1) is 8.29. The van der Waals surface area contributed by atoms with Gasteiger partial charge in [0.05, 0.1) is 5.02 Å². The van der Waals surface area contributed by atoms with Gasteiger partial charge in [0.25, 0.3) is 0 Å². The highest BCUT2D eigenvalue weighted by Gasteiger charge is 2.00. The van der Waals surface area contributed by atoms with Crippen LogP contribution in [0.25, 0.3) is 0 Å². The Hall–Kier alpha value is -1.06. The fourth-order valence-electron chi connectivity index (χ4n) is 1.36. The molecule has 0 saturated carbocycles. The van der Waals surface area contributed by atoms with E-state index in [1.807, 2.05) is 30.3 Å². The van der Waals surface area contributed by atoms with Crippen LogP contribution in [0.4, 0.5) is 0 Å². The first-order valence-corrected chi connectivity index (χ1v) is 6.65. The van der Waals surface area contributed by atoms with Gasteiger partial charge in [0, 0.05) is 23.3 Å². The summed E-state index contributed by atoms with van der Waals surface area (Å²) in [5.74, 6) is 0.836. The van der Waals surface area contributed by atoms with Gasteiger partial charge in [-0.1, -0.05) is 39.7 Å². The van der Waals surface area contributed by atoms with E-state index in [9.17, 15) is 0 Å². The molecule has 0 N–H and O–H groups in total. The van der Waals surface area contributed by atoms with Crippen LogP contribution >= 0.6 is 27.5 Å². The van der Waals surface area contributed by atoms with Crippen LogP contribution < -0.4 is 4.74 Å². The number of hydrogen-bond acceptors (Lipinski definition) is 2. The summed E-state index contributed by atoms with van der Waals surface area (Å²) < 4.78 is 5.64. The van der Waals surface area contributed by atoms with E-state index in [2.05, 4.69) is 20.9 Å². The smallest absolute Gasteiger partial charge is 0.119 e. The molecule has 0 radical (unpaired) electrons. The van der Waals surface area contributed by atoms with Crippen molar-refractivity contribution in [3.8, 4) is 5.75 Å². The molecule has 0 aliphatic heterocycles. The van der Waals surface area contributed by atoms with E-state index in [1.54, 1.807) is 12.4 Å². The van der Waals surface area contributed by atoms with Crippen molar-refractivity contribution in [2.75, 3.05) is 0 Å². The zero-order valence-corrected chi connectivity index (χ0v) is 11.4. The predicted octanol–water partition coefficient (Wildman–Crippen LogP) is 4.21. The standard InChI is InChI=1S/C13H11BrClNO/c14-7-10-1-3-12(4-2-10)17-9-11-5-6-16-8-13(11)15/h1-6,8H,7,9H2. The van der Waals surface area contributed by atoms with Gasteiger partial charge in [0.2, 0.25) is 0 Å². The molecule has 1 heterocycles. The number of hydrogen-bond donors (Lipinski definition) is 0. The van der Waals surface area contributed by atoms with Gasteiger partial charge < -0.3 is 4.74 Å². The third-order valence-corrected chi connectivity index (χ3v) is 3.32. The van der Waals surface area contributed by atoms with E-state index >= 15 is 0 Å². The van der Waals surface area contributed by atoms with E-state index in [4.69, 9.17) is 16.3 Å². The quantitative estimate of drug-likeness (QED) is 0.789. The zero-order chi connectivity index (χ0) is 12.1. The largest absolute Gasteiger partial charge is 0.489 e. The number of halogens is 2. The Labute approximate surface area is 114 Å². The molecule has 4 heteroatoms. The molecule has 1 aromatic heterocycles. The van der Waals surface area contributed by atoms with E-state index < -0.39 is 0 Å². The average Bonchev–Trinajstić information content (AvgIpc) is 2.38. The molecule has 2 rings (SSSR count). The van der Waals surface area contributed by atoms with Gasteiger partial charge in [-0.3, -0.25) is 4.98 Å². The van der Waals surface area contributed by atoms with Crippen molar-refractivity contribution in [1.29, 1.82) is 0 Å². The number of alkyl halides is 1. The highest BCUT2D eigenvalue weighted by atomic mass is 79.9. The van der Waals surface area contributed by atoms with E-state index in [-0.39, 0.29) is 0 Å². The fourth-order valence-corrected chi connectivity index (χ4v) is 1.90. The topological polar surface area (TPSA) is 22.1 Å². The lowest BCUT2D eigenvalue weighted by molar-refractivity contribution is 0.306. The minimum atomic E-state index is 0.453. The van der Waals surface area contributed by atoms with Gasteiger partial charge >= 0.3 is 0 Å². The Balaban J connectivity index is 2.00. The molecule has 17 heavy (non-hydrogen) atoms. The molecule has 0 bridgehead atoms. The Bertz CT molecular complexity index is 487. The van der Waals surface area contributed by atoms with Crippen LogP contribution in [-0.2, 0) is 11.9 Å². The summed E-state index contributed by atoms with van der Waals surface area (Å²) in [6.07, 6.45) is 3.33. The summed E-state index contributed by atoms with van der Waals surface area (Å²) in [6.45, 7) is 0.453. The molecule has 0 unspecified atom stereocenters. The monoisotopic (exact) mass is 311 g/mol. The summed E-state index contributed by atoms with van der Waals surface area (Å²) in [7, 11) is 0. The Morgan fingerprint density at radius 2 is 1.94 bits per heavy atom. The Morgan fingerprint density at radius 1 is 1.18 bits per heavy atom. The number of ether oxygens (including phenoxy) is 1. The Morgan fingerprint density at radius 3 is 2.59 bits per heavy atom. The number of rotatable bonds is 4. The maximum atomic E-state index is 5.99. The second-order valence-corrected chi connectivity index (χ2v) is 4.50. The SMILES string of the molecule is Clc1cnccc1COc1ccc(CBr)cc1. The zero-order valence-electron chi connectivity index (χ0n) is 9.07. The minimum Gasteiger partial charge on any atom is -0.489 e. The molecule has 0 atom stereocenters. The van der Waals surface area contributed by atoms with Crippen molar-refractivity contribution in [2.45, 2.75) is 11.9 Å². The molecule has 0 aliphatic rings. The van der Waals surface area contributed by atoms with Crippen LogP contribution in [-0.4, -0.2) is 4.98 Å². The Kier molecular flexibility index (Phi) is 4.40. The van der Waals surface area contributed by atoms with Gasteiger partial charge in [0.1, 0.15) is 12.4 Å². The second kappa shape index (κ2) is 6.03. The second-order valence-electron chi connectivity index (χ2n) is 3.53. The molecule has 2 nitrogen and oxygen atoms in total. The molecule has 0 saturated heterocycles. The van der Waals surface area contributed by atoms with Crippen LogP contribution in [0, 0.1) is 0 Å². The van der Waals surface area contributed by atoms with Gasteiger partial charge in [-0.05, 0) is 23.8 Å². The fraction of sp³-hybridized carbons (Fsp3) is 0.154. The first-order valence-electron chi connectivity index (χ1n) is 5.15. The molecular formula is C13H11BrClNO. The number of pyridine rings is 1. The molecule has 88 valence electrons. The molecule has 0 aliphatic carbocycles. The number of aromatic nitrogens is 1. The van der Waals surface area contributed by atoms with Crippen molar-refractivity contribution in [1.82, 2.24) is 4.98 Å². The molecule has 0 spiro atoms. The van der Waals surface area contributed by atoms with Gasteiger partial charge in [0.15, 0.2) is 0 Å². The van der Waals surface area contributed by atoms with Crippen LogP contribution in [0.5, 0.6) is 5.75 Å². The highest BCUT2D eigenvalue weighted by molar-refractivity contribution is 9.08. The molecule has 0 amide bonds. The maximum absolute atomic E-state index is 5.99. The molecule has 0 fully saturated rings. The lowest BCUT2D eigenvalue weighted by Gasteiger charge is -2.07. The van der Waals surface area contributed by atoms with Gasteiger partial charge in [-0.15, -0.1) is 0 Å². The van der Waals surface area contributed by atoms with Crippen molar-refractivity contribution in [2.24, 2.45) is 0 Å². The lowest BCUT2D eigenvalue weighted by atomic mass is 10.2. The van der Waals surface area contributed by atoms with Gasteiger partial charge in [-0.2, -0.15) is 0 Å². The summed E-state index contributed by atoms with van der Waals surface area (Å²) in [5.41, 5.74) is 2.16. The lowest BCUT2D eigenvalue weighted by Crippen LogP contribution is -1.96. The summed E-state index contributed by atoms with van der Waals surface area (Å²) in [6, 6.07) is 9.81. The van der Waals surface area contributed by atoms with Crippen LogP contribution in [0.3, 0.4) is 0 Å². The molecule has 2 aromatic rings. The van der Waals surface area contributed by atoms with E-state index in [0.29, 0.717) is 11.6 Å². The van der Waals surface area contributed by atoms with Crippen molar-refractivity contribution in [3.05, 3.63) is 58.9 Å². The number of benzene rings is 1. The minimum absolute atomic E-state index is 0.453. The summed E-state index contributed by atoms with van der Waals surface area (Å²) in [4.78, 5) is 3.93. The maximum Gasteiger partial charge on any atom is 0.119 e. The van der Waals surface area contributed by atoms with Crippen molar-refractivity contribution < 1.29 is 4.74 Å². The van der Waals surface area contributed by atoms with Crippen LogP contribution in [0.15, 0.2) is 42.7 Å². The predicted molar refractivity (Wildman–Crippen MR) is 72.7 cm³/mol. The average molecular weight is 313 g/mol. The van der Waals surface area contributed by atoms with E-state index in [1.165, 1.54) is 5.56 Å². The third kappa shape index (κ3) is 3.45. The third-order valence-electron chi connectivity index (χ3n) is 2.33. The normalized spacial score (nSPS) is 10.2. The van der Waals surface area contributed by atoms with Crippen LogP contribution in [0.2, 0.25) is 5.02 Å². The highest BCUT2D eigenvalue weighted by Crippen LogP contribution is 2.18. The van der Waals surface area contributed by atoms with Crippen molar-refractivity contribution >= 4 is 27.5 Å². The summed E-state index contributed by atoms with van der Waals surface area (Å²) >= 11 is 9.39. The van der Waals surface area contributed by atoms with Crippen LogP contribution in [0.1, 0.15) is 11.1 Å². The number of nitrogens with zero attached hydrogens (tertiary/aromatic N) is 1. The van der Waals surface area contributed by atoms with E-state index in [0.717, 1.165) is 16.6 Å². The van der Waals surface area contributed by atoms with Gasteiger partial charge in [-0.25, -0.2) is 0 Å². The molecule has 1 aromatic carbocycles. The first kappa shape index (κ1) is 12.4. The molecular weight excluding hydrogens is 302 g/mol. The van der Waals surface area contributed by atoms with Crippen molar-refractivity contribution in [3.63, 3.8) is 0 Å².